The van der Waals surface area contributed by atoms with Gasteiger partial charge in [-0.25, -0.2) is 9.79 Å². The van der Waals surface area contributed by atoms with E-state index in [9.17, 15) is 9.59 Å². The lowest BCUT2D eigenvalue weighted by Crippen LogP contribution is -2.40. The minimum absolute atomic E-state index is 0.00823. The van der Waals surface area contributed by atoms with Crippen LogP contribution in [0.4, 0.5) is 0 Å². The predicted molar refractivity (Wildman–Crippen MR) is 124 cm³/mol. The number of carbonyl (C=O) groups excluding carboxylic acids is 1. The van der Waals surface area contributed by atoms with Crippen LogP contribution in [0.15, 0.2) is 68.1 Å². The Morgan fingerprint density at radius 2 is 1.97 bits per heavy atom. The quantitative estimate of drug-likeness (QED) is 0.569. The number of hydrogen-bond acceptors (Lipinski definition) is 6. The third-order valence-electron chi connectivity index (χ3n) is 5.43. The number of furan rings is 1. The summed E-state index contributed by atoms with van der Waals surface area (Å²) in [7, 11) is 0. The Morgan fingerprint density at radius 3 is 2.56 bits per heavy atom. The maximum Gasteiger partial charge on any atom is 0.338 e. The number of hydrogen-bond donors (Lipinski definition) is 0. The highest BCUT2D eigenvalue weighted by Gasteiger charge is 2.33. The number of carbonyl (C=O) groups is 1. The monoisotopic (exact) mass is 450 g/mol. The van der Waals surface area contributed by atoms with Crippen LogP contribution < -0.4 is 14.9 Å². The number of aromatic nitrogens is 1. The Bertz CT molecular complexity index is 1350. The van der Waals surface area contributed by atoms with E-state index in [-0.39, 0.29) is 17.6 Å². The Hall–Kier alpha value is -3.19. The zero-order chi connectivity index (χ0) is 23.0. The fourth-order valence-corrected chi connectivity index (χ4v) is 4.80. The molecule has 32 heavy (non-hydrogen) atoms. The van der Waals surface area contributed by atoms with E-state index in [0.717, 1.165) is 5.56 Å². The molecule has 1 aliphatic heterocycles. The van der Waals surface area contributed by atoms with Crippen LogP contribution >= 0.6 is 11.3 Å². The van der Waals surface area contributed by atoms with Gasteiger partial charge in [-0.05, 0) is 42.5 Å². The molecule has 0 saturated heterocycles. The highest BCUT2D eigenvalue weighted by Crippen LogP contribution is 2.32. The number of thiazole rings is 1. The van der Waals surface area contributed by atoms with E-state index in [1.54, 1.807) is 42.9 Å². The molecule has 0 unspecified atom stereocenters. The molecule has 0 N–H and O–H groups in total. The van der Waals surface area contributed by atoms with Gasteiger partial charge in [-0.2, -0.15) is 0 Å². The largest absolute Gasteiger partial charge is 0.465 e. The summed E-state index contributed by atoms with van der Waals surface area (Å²) >= 11 is 1.28. The molecular formula is C25H26N2O4S. The second-order valence-corrected chi connectivity index (χ2v) is 9.70. The van der Waals surface area contributed by atoms with Gasteiger partial charge in [0.05, 0.1) is 34.7 Å². The number of esters is 1. The van der Waals surface area contributed by atoms with Crippen molar-refractivity contribution >= 4 is 23.4 Å². The van der Waals surface area contributed by atoms with E-state index in [0.29, 0.717) is 26.4 Å². The van der Waals surface area contributed by atoms with Crippen LogP contribution in [0.25, 0.3) is 6.08 Å². The summed E-state index contributed by atoms with van der Waals surface area (Å²) < 4.78 is 12.8. The first-order valence-electron chi connectivity index (χ1n) is 10.5. The second kappa shape index (κ2) is 8.39. The van der Waals surface area contributed by atoms with Gasteiger partial charge < -0.3 is 9.15 Å². The third kappa shape index (κ3) is 4.00. The van der Waals surface area contributed by atoms with E-state index in [4.69, 9.17) is 9.15 Å². The highest BCUT2D eigenvalue weighted by atomic mass is 32.1. The Morgan fingerprint density at radius 1 is 1.25 bits per heavy atom. The number of rotatable bonds is 4. The molecule has 0 amide bonds. The van der Waals surface area contributed by atoms with Crippen LogP contribution in [-0.2, 0) is 14.9 Å². The molecule has 0 aliphatic carbocycles. The van der Waals surface area contributed by atoms with Gasteiger partial charge in [0.15, 0.2) is 4.80 Å². The average molecular weight is 451 g/mol. The molecule has 3 heterocycles. The lowest BCUT2D eigenvalue weighted by atomic mass is 9.85. The lowest BCUT2D eigenvalue weighted by molar-refractivity contribution is -0.139. The number of ether oxygens (including phenoxy) is 1. The molecule has 3 aromatic rings. The van der Waals surface area contributed by atoms with E-state index < -0.39 is 12.0 Å². The molecule has 4 rings (SSSR count). The molecule has 0 radical (unpaired) electrons. The minimum atomic E-state index is -0.613. The molecule has 166 valence electrons. The number of benzene rings is 1. The summed E-state index contributed by atoms with van der Waals surface area (Å²) in [5, 5.41) is 0. The molecule has 0 bridgehead atoms. The Labute approximate surface area is 190 Å². The van der Waals surface area contributed by atoms with Crippen LogP contribution in [-0.4, -0.2) is 17.1 Å². The standard InChI is InChI=1S/C25H26N2O4S/c1-6-30-23(29)20-15(2)26-24-27(22(28)19(32-24)14-18-8-7-13-31-18)21(20)16-9-11-17(12-10-16)25(3,4)5/h7-14,21H,6H2,1-5H3/b19-14-/t21-/m1/s1. The van der Waals surface area contributed by atoms with Gasteiger partial charge >= 0.3 is 5.97 Å². The van der Waals surface area contributed by atoms with Crippen LogP contribution in [0.2, 0.25) is 0 Å². The molecule has 0 fully saturated rings. The third-order valence-corrected chi connectivity index (χ3v) is 6.41. The molecule has 7 heteroatoms. The van der Waals surface area contributed by atoms with E-state index in [1.807, 2.05) is 24.3 Å². The first kappa shape index (κ1) is 22.0. The van der Waals surface area contributed by atoms with Crippen LogP contribution in [0.3, 0.4) is 0 Å². The zero-order valence-corrected chi connectivity index (χ0v) is 19.7. The van der Waals surface area contributed by atoms with Crippen LogP contribution in [0.1, 0.15) is 57.5 Å². The second-order valence-electron chi connectivity index (χ2n) is 8.69. The van der Waals surface area contributed by atoms with Gasteiger partial charge in [-0.3, -0.25) is 9.36 Å². The SMILES string of the molecule is CCOC(=O)C1=C(C)N=c2s/c(=C\c3ccco3)c(=O)n2[C@@H]1c1ccc(C(C)(C)C)cc1. The molecule has 1 aromatic carbocycles. The zero-order valence-electron chi connectivity index (χ0n) is 18.8. The summed E-state index contributed by atoms with van der Waals surface area (Å²) in [5.74, 6) is 0.127. The fourth-order valence-electron chi connectivity index (χ4n) is 3.77. The Balaban J connectivity index is 1.94. The predicted octanol–water partition coefficient (Wildman–Crippen LogP) is 3.69. The smallest absolute Gasteiger partial charge is 0.338 e. The van der Waals surface area contributed by atoms with Crippen molar-refractivity contribution in [3.05, 3.63) is 90.5 Å². The van der Waals surface area contributed by atoms with E-state index >= 15 is 0 Å². The highest BCUT2D eigenvalue weighted by molar-refractivity contribution is 7.07. The van der Waals surface area contributed by atoms with E-state index in [2.05, 4.69) is 25.8 Å². The topological polar surface area (TPSA) is 73.8 Å². The number of allylic oxidation sites excluding steroid dienone is 1. The van der Waals surface area contributed by atoms with Gasteiger partial charge in [-0.1, -0.05) is 56.4 Å². The fraction of sp³-hybridized carbons (Fsp3) is 0.320. The Kier molecular flexibility index (Phi) is 5.77. The molecule has 1 aliphatic rings. The average Bonchev–Trinajstić information content (AvgIpc) is 3.35. The molecule has 6 nitrogen and oxygen atoms in total. The maximum atomic E-state index is 13.4. The van der Waals surface area contributed by atoms with Gasteiger partial charge in [0.25, 0.3) is 5.56 Å². The lowest BCUT2D eigenvalue weighted by Gasteiger charge is -2.26. The van der Waals surface area contributed by atoms with Crippen molar-refractivity contribution in [2.24, 2.45) is 4.99 Å². The van der Waals surface area contributed by atoms with Crippen molar-refractivity contribution in [3.8, 4) is 0 Å². The van der Waals surface area contributed by atoms with Crippen molar-refractivity contribution in [3.63, 3.8) is 0 Å². The van der Waals surface area contributed by atoms with Crippen molar-refractivity contribution in [1.29, 1.82) is 0 Å². The summed E-state index contributed by atoms with van der Waals surface area (Å²) in [4.78, 5) is 31.5. The van der Waals surface area contributed by atoms with Crippen LogP contribution in [0, 0.1) is 0 Å². The van der Waals surface area contributed by atoms with Crippen molar-refractivity contribution in [2.45, 2.75) is 46.1 Å². The minimum Gasteiger partial charge on any atom is -0.465 e. The van der Waals surface area contributed by atoms with Crippen molar-refractivity contribution in [1.82, 2.24) is 4.57 Å². The van der Waals surface area contributed by atoms with Gasteiger partial charge in [-0.15, -0.1) is 0 Å². The molecule has 0 saturated carbocycles. The number of nitrogens with zero attached hydrogens (tertiary/aromatic N) is 2. The van der Waals surface area contributed by atoms with Gasteiger partial charge in [0, 0.05) is 6.08 Å². The first-order valence-corrected chi connectivity index (χ1v) is 11.4. The van der Waals surface area contributed by atoms with Gasteiger partial charge in [0.2, 0.25) is 0 Å². The molecule has 0 spiro atoms. The summed E-state index contributed by atoms with van der Waals surface area (Å²) in [6.45, 7) is 10.2. The summed E-state index contributed by atoms with van der Waals surface area (Å²) in [6.07, 6.45) is 3.26. The summed E-state index contributed by atoms with van der Waals surface area (Å²) in [5.41, 5.74) is 2.72. The molecule has 1 atom stereocenters. The van der Waals surface area contributed by atoms with Crippen molar-refractivity contribution < 1.29 is 13.9 Å². The van der Waals surface area contributed by atoms with Crippen molar-refractivity contribution in [2.75, 3.05) is 6.61 Å². The normalized spacial score (nSPS) is 16.7. The van der Waals surface area contributed by atoms with Crippen LogP contribution in [0.5, 0.6) is 0 Å². The maximum absolute atomic E-state index is 13.4. The van der Waals surface area contributed by atoms with Gasteiger partial charge in [0.1, 0.15) is 5.76 Å². The van der Waals surface area contributed by atoms with E-state index in [1.165, 1.54) is 16.9 Å². The molecular weight excluding hydrogens is 424 g/mol. The number of fused-ring (bicyclic) bond motifs is 1. The molecule has 2 aromatic heterocycles. The summed E-state index contributed by atoms with van der Waals surface area (Å²) in [6, 6.07) is 11.0. The first-order chi connectivity index (χ1) is 15.2.